The van der Waals surface area contributed by atoms with E-state index in [1.807, 2.05) is 0 Å². The number of rotatable bonds is 6. The first kappa shape index (κ1) is 15.6. The number of nitrogens with two attached hydrogens (primary N) is 1. The van der Waals surface area contributed by atoms with E-state index in [9.17, 15) is 13.6 Å². The van der Waals surface area contributed by atoms with E-state index < -0.39 is 13.0 Å². The predicted molar refractivity (Wildman–Crippen MR) is 69.4 cm³/mol. The van der Waals surface area contributed by atoms with Gasteiger partial charge in [-0.25, -0.2) is 8.78 Å². The lowest BCUT2D eigenvalue weighted by atomic mass is 10.2. The smallest absolute Gasteiger partial charge is 0.262 e. The van der Waals surface area contributed by atoms with Crippen LogP contribution >= 0.6 is 11.3 Å². The average molecular weight is 288 g/mol. The van der Waals surface area contributed by atoms with Gasteiger partial charge in [0, 0.05) is 12.1 Å². The molecule has 0 aliphatic heterocycles. The molecule has 19 heavy (non-hydrogen) atoms. The third-order valence-corrected chi connectivity index (χ3v) is 2.89. The number of halogens is 2. The number of carbonyl (C=O) groups is 1. The van der Waals surface area contributed by atoms with Crippen LogP contribution in [0.1, 0.15) is 15.2 Å². The molecule has 104 valence electrons. The third-order valence-electron chi connectivity index (χ3n) is 1.97. The van der Waals surface area contributed by atoms with E-state index in [0.29, 0.717) is 10.4 Å². The summed E-state index contributed by atoms with van der Waals surface area (Å²) in [6.45, 7) is -0.182. The van der Waals surface area contributed by atoms with Crippen molar-refractivity contribution in [3.63, 3.8) is 0 Å². The first-order valence-electron chi connectivity index (χ1n) is 5.55. The first-order valence-corrected chi connectivity index (χ1v) is 6.43. The minimum Gasteiger partial charge on any atom is -0.374 e. The zero-order chi connectivity index (χ0) is 14.1. The zero-order valence-corrected chi connectivity index (χ0v) is 10.9. The van der Waals surface area contributed by atoms with Crippen LogP contribution in [0.15, 0.2) is 11.4 Å². The van der Waals surface area contributed by atoms with Gasteiger partial charge in [-0.1, -0.05) is 11.8 Å². The zero-order valence-electron chi connectivity index (χ0n) is 10.1. The Morgan fingerprint density at radius 2 is 2.37 bits per heavy atom. The van der Waals surface area contributed by atoms with Crippen LogP contribution in [-0.4, -0.2) is 38.6 Å². The SMILES string of the molecule is NCC#Cc1ccsc1C(=O)NCCOCC(F)F. The van der Waals surface area contributed by atoms with Crippen molar-refractivity contribution >= 4 is 17.2 Å². The summed E-state index contributed by atoms with van der Waals surface area (Å²) >= 11 is 1.26. The van der Waals surface area contributed by atoms with E-state index in [0.717, 1.165) is 0 Å². The molecule has 1 aromatic heterocycles. The quantitative estimate of drug-likeness (QED) is 0.608. The molecule has 0 aliphatic carbocycles. The molecule has 0 saturated heterocycles. The van der Waals surface area contributed by atoms with Gasteiger partial charge < -0.3 is 15.8 Å². The topological polar surface area (TPSA) is 64.4 Å². The molecule has 0 aromatic carbocycles. The van der Waals surface area contributed by atoms with Crippen LogP contribution < -0.4 is 11.1 Å². The molecule has 0 spiro atoms. The molecule has 1 aromatic rings. The predicted octanol–water partition coefficient (Wildman–Crippen LogP) is 1.07. The lowest BCUT2D eigenvalue weighted by molar-refractivity contribution is 0.0188. The van der Waals surface area contributed by atoms with Gasteiger partial charge in [0.05, 0.1) is 13.2 Å². The van der Waals surface area contributed by atoms with Crippen LogP contribution in [0.5, 0.6) is 0 Å². The second kappa shape index (κ2) is 8.58. The summed E-state index contributed by atoms with van der Waals surface area (Å²) in [6.07, 6.45) is -2.49. The maximum Gasteiger partial charge on any atom is 0.262 e. The summed E-state index contributed by atoms with van der Waals surface area (Å²) in [6, 6.07) is 1.73. The Labute approximate surface area is 113 Å². The van der Waals surface area contributed by atoms with Crippen molar-refractivity contribution in [2.75, 3.05) is 26.3 Å². The summed E-state index contributed by atoms with van der Waals surface area (Å²) in [5.74, 6) is 5.17. The average Bonchev–Trinajstić information content (AvgIpc) is 2.83. The van der Waals surface area contributed by atoms with Crippen molar-refractivity contribution in [3.05, 3.63) is 21.9 Å². The normalized spacial score (nSPS) is 10.1. The van der Waals surface area contributed by atoms with Crippen molar-refractivity contribution in [1.29, 1.82) is 0 Å². The molecule has 0 radical (unpaired) electrons. The van der Waals surface area contributed by atoms with E-state index in [-0.39, 0.29) is 25.6 Å². The maximum atomic E-state index is 11.8. The second-order valence-electron chi connectivity index (χ2n) is 3.39. The Kier molecular flexibility index (Phi) is 7.03. The Hall–Kier alpha value is -1.49. The molecule has 1 rings (SSSR count). The molecule has 1 heterocycles. The fourth-order valence-electron chi connectivity index (χ4n) is 1.22. The number of nitrogens with one attached hydrogen (secondary N) is 1. The minimum absolute atomic E-state index is 0.0469. The third kappa shape index (κ3) is 5.79. The van der Waals surface area contributed by atoms with E-state index in [1.165, 1.54) is 11.3 Å². The summed E-state index contributed by atoms with van der Waals surface area (Å²) in [5.41, 5.74) is 5.87. The number of alkyl halides is 2. The number of hydrogen-bond acceptors (Lipinski definition) is 4. The standard InChI is InChI=1S/C12H14F2N2O2S/c13-10(14)8-18-6-5-16-12(17)11-9(2-1-4-15)3-7-19-11/h3,7,10H,4-6,8,15H2,(H,16,17). The molecule has 0 saturated carbocycles. The lowest BCUT2D eigenvalue weighted by Crippen LogP contribution is -2.27. The van der Waals surface area contributed by atoms with E-state index in [1.54, 1.807) is 11.4 Å². The molecule has 0 fully saturated rings. The van der Waals surface area contributed by atoms with Gasteiger partial charge in [0.15, 0.2) is 0 Å². The van der Waals surface area contributed by atoms with Gasteiger partial charge in [-0.05, 0) is 11.4 Å². The highest BCUT2D eigenvalue weighted by Crippen LogP contribution is 2.15. The molecular formula is C12H14F2N2O2S. The molecule has 4 nitrogen and oxygen atoms in total. The summed E-state index contributed by atoms with van der Waals surface area (Å²) in [7, 11) is 0. The first-order chi connectivity index (χ1) is 9.15. The second-order valence-corrected chi connectivity index (χ2v) is 4.31. The summed E-state index contributed by atoms with van der Waals surface area (Å²) in [4.78, 5) is 12.3. The van der Waals surface area contributed by atoms with Crippen molar-refractivity contribution in [3.8, 4) is 11.8 Å². The Balaban J connectivity index is 2.39. The van der Waals surface area contributed by atoms with Gasteiger partial charge >= 0.3 is 0 Å². The van der Waals surface area contributed by atoms with Crippen LogP contribution in [0, 0.1) is 11.8 Å². The largest absolute Gasteiger partial charge is 0.374 e. The fourth-order valence-corrected chi connectivity index (χ4v) is 1.98. The molecule has 1 amide bonds. The number of ether oxygens (including phenoxy) is 1. The van der Waals surface area contributed by atoms with Gasteiger partial charge in [0.25, 0.3) is 12.3 Å². The molecule has 3 N–H and O–H groups in total. The molecule has 0 bridgehead atoms. The fraction of sp³-hybridized carbons (Fsp3) is 0.417. The Morgan fingerprint density at radius 1 is 1.58 bits per heavy atom. The molecule has 0 aliphatic rings. The highest BCUT2D eigenvalue weighted by Gasteiger charge is 2.11. The summed E-state index contributed by atoms with van der Waals surface area (Å²) in [5, 5.41) is 4.33. The van der Waals surface area contributed by atoms with Gasteiger partial charge in [-0.15, -0.1) is 11.3 Å². The number of thiophene rings is 1. The molecule has 7 heteroatoms. The van der Waals surface area contributed by atoms with Crippen LogP contribution in [0.2, 0.25) is 0 Å². The maximum absolute atomic E-state index is 11.8. The lowest BCUT2D eigenvalue weighted by Gasteiger charge is -2.05. The molecule has 0 atom stereocenters. The number of hydrogen-bond donors (Lipinski definition) is 2. The van der Waals surface area contributed by atoms with E-state index in [2.05, 4.69) is 21.9 Å². The van der Waals surface area contributed by atoms with Crippen molar-refractivity contribution in [2.24, 2.45) is 5.73 Å². The Morgan fingerprint density at radius 3 is 3.05 bits per heavy atom. The summed E-state index contributed by atoms with van der Waals surface area (Å²) < 4.78 is 28.2. The highest BCUT2D eigenvalue weighted by molar-refractivity contribution is 7.12. The van der Waals surface area contributed by atoms with Crippen molar-refractivity contribution < 1.29 is 18.3 Å². The molecular weight excluding hydrogens is 274 g/mol. The van der Waals surface area contributed by atoms with Crippen molar-refractivity contribution in [1.82, 2.24) is 5.32 Å². The van der Waals surface area contributed by atoms with Crippen LogP contribution in [-0.2, 0) is 4.74 Å². The van der Waals surface area contributed by atoms with E-state index in [4.69, 9.17) is 5.73 Å². The molecule has 0 unspecified atom stereocenters. The number of amides is 1. The van der Waals surface area contributed by atoms with Gasteiger partial charge in [0.2, 0.25) is 0 Å². The van der Waals surface area contributed by atoms with Crippen LogP contribution in [0.25, 0.3) is 0 Å². The monoisotopic (exact) mass is 288 g/mol. The van der Waals surface area contributed by atoms with E-state index >= 15 is 0 Å². The van der Waals surface area contributed by atoms with Crippen LogP contribution in [0.3, 0.4) is 0 Å². The van der Waals surface area contributed by atoms with Gasteiger partial charge in [0.1, 0.15) is 11.5 Å². The van der Waals surface area contributed by atoms with Crippen LogP contribution in [0.4, 0.5) is 8.78 Å². The van der Waals surface area contributed by atoms with Gasteiger partial charge in [-0.3, -0.25) is 4.79 Å². The van der Waals surface area contributed by atoms with Gasteiger partial charge in [-0.2, -0.15) is 0 Å². The Bertz CT molecular complexity index is 466. The number of carbonyl (C=O) groups excluding carboxylic acids is 1. The van der Waals surface area contributed by atoms with Crippen molar-refractivity contribution in [2.45, 2.75) is 6.43 Å². The highest BCUT2D eigenvalue weighted by atomic mass is 32.1. The minimum atomic E-state index is -2.49.